The molecule has 0 bridgehead atoms. The van der Waals surface area contributed by atoms with Gasteiger partial charge in [-0.3, -0.25) is 9.69 Å². The van der Waals surface area contributed by atoms with E-state index < -0.39 is 0 Å². The third-order valence-electron chi connectivity index (χ3n) is 5.97. The highest BCUT2D eigenvalue weighted by Gasteiger charge is 2.32. The molecule has 2 unspecified atom stereocenters. The molecule has 3 heteroatoms. The number of rotatable bonds is 7. The summed E-state index contributed by atoms with van der Waals surface area (Å²) in [5.41, 5.74) is 3.89. The summed E-state index contributed by atoms with van der Waals surface area (Å²) in [4.78, 5) is 15.5. The third-order valence-corrected chi connectivity index (χ3v) is 5.97. The number of hydrogen-bond donors (Lipinski definition) is 1. The van der Waals surface area contributed by atoms with E-state index in [1.54, 1.807) is 0 Å². The molecule has 4 rings (SSSR count). The smallest absolute Gasteiger partial charge is 0.224 e. The Morgan fingerprint density at radius 1 is 0.800 bits per heavy atom. The fourth-order valence-electron chi connectivity index (χ4n) is 4.44. The molecule has 1 amide bonds. The zero-order valence-electron chi connectivity index (χ0n) is 17.4. The molecule has 1 N–H and O–H groups in total. The average molecular weight is 399 g/mol. The van der Waals surface area contributed by atoms with Gasteiger partial charge < -0.3 is 5.32 Å². The van der Waals surface area contributed by atoms with Gasteiger partial charge in [-0.15, -0.1) is 0 Å². The number of nitrogens with one attached hydrogen (secondary N) is 1. The number of piperidine rings is 1. The van der Waals surface area contributed by atoms with E-state index in [0.717, 1.165) is 32.5 Å². The van der Waals surface area contributed by atoms with E-state index >= 15 is 0 Å². The molecule has 3 aromatic rings. The lowest BCUT2D eigenvalue weighted by molar-refractivity contribution is -0.127. The van der Waals surface area contributed by atoms with Crippen molar-refractivity contribution in [2.75, 3.05) is 19.6 Å². The third kappa shape index (κ3) is 5.58. The van der Waals surface area contributed by atoms with Gasteiger partial charge in [-0.2, -0.15) is 0 Å². The predicted molar refractivity (Wildman–Crippen MR) is 122 cm³/mol. The second kappa shape index (κ2) is 10.2. The fourth-order valence-corrected chi connectivity index (χ4v) is 4.44. The van der Waals surface area contributed by atoms with Crippen molar-refractivity contribution < 1.29 is 4.79 Å². The average Bonchev–Trinajstić information content (AvgIpc) is 2.81. The number of likely N-dealkylation sites (tertiary alicyclic amines) is 1. The molecule has 0 radical (unpaired) electrons. The van der Waals surface area contributed by atoms with Crippen LogP contribution >= 0.6 is 0 Å². The minimum Gasteiger partial charge on any atom is -0.355 e. The zero-order valence-corrected chi connectivity index (χ0v) is 17.4. The molecule has 1 saturated heterocycles. The number of nitrogens with zero attached hydrogens (tertiary/aromatic N) is 1. The van der Waals surface area contributed by atoms with Crippen molar-refractivity contribution in [3.63, 3.8) is 0 Å². The number of amides is 1. The molecule has 0 aliphatic carbocycles. The predicted octanol–water partition coefficient (Wildman–Crippen LogP) is 4.65. The summed E-state index contributed by atoms with van der Waals surface area (Å²) in [6, 6.07) is 31.5. The second-order valence-corrected chi connectivity index (χ2v) is 8.25. The van der Waals surface area contributed by atoms with Crippen molar-refractivity contribution >= 4 is 5.91 Å². The molecule has 1 heterocycles. The van der Waals surface area contributed by atoms with Crippen LogP contribution < -0.4 is 5.32 Å². The van der Waals surface area contributed by atoms with E-state index in [2.05, 4.69) is 83.0 Å². The van der Waals surface area contributed by atoms with Crippen LogP contribution in [0.25, 0.3) is 0 Å². The topological polar surface area (TPSA) is 32.3 Å². The van der Waals surface area contributed by atoms with E-state index in [1.165, 1.54) is 16.7 Å². The molecule has 3 nitrogen and oxygen atoms in total. The van der Waals surface area contributed by atoms with Gasteiger partial charge in [0, 0.05) is 26.2 Å². The van der Waals surface area contributed by atoms with Gasteiger partial charge in [-0.1, -0.05) is 91.0 Å². The number of carbonyl (C=O) groups is 1. The van der Waals surface area contributed by atoms with Gasteiger partial charge in [0.2, 0.25) is 5.91 Å². The minimum absolute atomic E-state index is 0.0171. The highest BCUT2D eigenvalue weighted by Crippen LogP contribution is 2.31. The van der Waals surface area contributed by atoms with Crippen LogP contribution in [-0.4, -0.2) is 30.4 Å². The van der Waals surface area contributed by atoms with Gasteiger partial charge >= 0.3 is 0 Å². The van der Waals surface area contributed by atoms with E-state index in [4.69, 9.17) is 0 Å². The first-order valence-corrected chi connectivity index (χ1v) is 10.9. The summed E-state index contributed by atoms with van der Waals surface area (Å²) in [6.07, 6.45) is 1.78. The molecule has 2 atom stereocenters. The first-order valence-electron chi connectivity index (χ1n) is 10.9. The van der Waals surface area contributed by atoms with Crippen LogP contribution in [0.5, 0.6) is 0 Å². The van der Waals surface area contributed by atoms with Crippen LogP contribution in [0.2, 0.25) is 0 Å². The Hall–Kier alpha value is -2.91. The van der Waals surface area contributed by atoms with Crippen molar-refractivity contribution in [1.82, 2.24) is 10.2 Å². The first-order chi connectivity index (χ1) is 14.8. The lowest BCUT2D eigenvalue weighted by Gasteiger charge is -2.37. The first kappa shape index (κ1) is 20.4. The Labute approximate surface area is 179 Å². The highest BCUT2D eigenvalue weighted by molar-refractivity contribution is 5.79. The Morgan fingerprint density at radius 3 is 2.07 bits per heavy atom. The van der Waals surface area contributed by atoms with Crippen LogP contribution in [0.3, 0.4) is 0 Å². The van der Waals surface area contributed by atoms with Gasteiger partial charge in [-0.25, -0.2) is 0 Å². The van der Waals surface area contributed by atoms with E-state index in [-0.39, 0.29) is 11.8 Å². The summed E-state index contributed by atoms with van der Waals surface area (Å²) in [6.45, 7) is 3.38. The van der Waals surface area contributed by atoms with E-state index in [9.17, 15) is 4.79 Å². The maximum atomic E-state index is 13.0. The molecule has 0 saturated carbocycles. The molecular formula is C27H30N2O. The molecule has 154 valence electrons. The Balaban J connectivity index is 1.41. The molecule has 1 aliphatic heterocycles. The summed E-state index contributed by atoms with van der Waals surface area (Å²) >= 11 is 0. The maximum absolute atomic E-state index is 13.0. The largest absolute Gasteiger partial charge is 0.355 e. The summed E-state index contributed by atoms with van der Waals surface area (Å²) in [5, 5.41) is 3.19. The molecule has 3 aromatic carbocycles. The van der Waals surface area contributed by atoms with Gasteiger partial charge in [0.15, 0.2) is 0 Å². The van der Waals surface area contributed by atoms with E-state index in [0.29, 0.717) is 12.5 Å². The maximum Gasteiger partial charge on any atom is 0.224 e. The molecule has 0 aromatic heterocycles. The number of carbonyl (C=O) groups excluding carboxylic acids is 1. The Kier molecular flexibility index (Phi) is 6.94. The van der Waals surface area contributed by atoms with Gasteiger partial charge in [0.25, 0.3) is 0 Å². The highest BCUT2D eigenvalue weighted by atomic mass is 16.1. The molecule has 1 aliphatic rings. The summed E-state index contributed by atoms with van der Waals surface area (Å²) in [5.74, 6) is 0.585. The van der Waals surface area contributed by atoms with Gasteiger partial charge in [0.05, 0.1) is 5.92 Å². The molecule has 30 heavy (non-hydrogen) atoms. The standard InChI is InChI=1S/C27H30N2O/c30-27(28-17-16-22-10-4-1-5-11-22)26-18-25(24-14-8-3-9-15-24)20-29(21-26)19-23-12-6-2-7-13-23/h1-15,25-26H,16-21H2,(H,28,30). The van der Waals surface area contributed by atoms with Crippen molar-refractivity contribution in [1.29, 1.82) is 0 Å². The van der Waals surface area contributed by atoms with Crippen molar-refractivity contribution in [2.45, 2.75) is 25.3 Å². The summed E-state index contributed by atoms with van der Waals surface area (Å²) < 4.78 is 0. The van der Waals surface area contributed by atoms with Crippen LogP contribution in [-0.2, 0) is 17.8 Å². The second-order valence-electron chi connectivity index (χ2n) is 8.25. The molecule has 1 fully saturated rings. The quantitative estimate of drug-likeness (QED) is 0.628. The van der Waals surface area contributed by atoms with Crippen LogP contribution in [0.1, 0.15) is 29.0 Å². The summed E-state index contributed by atoms with van der Waals surface area (Å²) in [7, 11) is 0. The number of hydrogen-bond acceptors (Lipinski definition) is 2. The SMILES string of the molecule is O=C(NCCc1ccccc1)C1CC(c2ccccc2)CN(Cc2ccccc2)C1. The van der Waals surface area contributed by atoms with Gasteiger partial charge in [-0.05, 0) is 35.4 Å². The normalized spacial score (nSPS) is 19.3. The van der Waals surface area contributed by atoms with Gasteiger partial charge in [0.1, 0.15) is 0 Å². The van der Waals surface area contributed by atoms with Crippen LogP contribution in [0.15, 0.2) is 91.0 Å². The lowest BCUT2D eigenvalue weighted by Crippen LogP contribution is -2.45. The Bertz CT molecular complexity index is 911. The van der Waals surface area contributed by atoms with Crippen LogP contribution in [0.4, 0.5) is 0 Å². The van der Waals surface area contributed by atoms with Crippen molar-refractivity contribution in [2.24, 2.45) is 5.92 Å². The zero-order chi connectivity index (χ0) is 20.6. The fraction of sp³-hybridized carbons (Fsp3) is 0.296. The van der Waals surface area contributed by atoms with Crippen molar-refractivity contribution in [3.05, 3.63) is 108 Å². The molecular weight excluding hydrogens is 368 g/mol. The molecule has 0 spiro atoms. The lowest BCUT2D eigenvalue weighted by atomic mass is 9.84. The number of benzene rings is 3. The monoisotopic (exact) mass is 398 g/mol. The Morgan fingerprint density at radius 2 is 1.40 bits per heavy atom. The van der Waals surface area contributed by atoms with Crippen LogP contribution in [0, 0.1) is 5.92 Å². The minimum atomic E-state index is 0.0171. The van der Waals surface area contributed by atoms with E-state index in [1.807, 2.05) is 18.2 Å². The van der Waals surface area contributed by atoms with Crippen molar-refractivity contribution in [3.8, 4) is 0 Å².